The van der Waals surface area contributed by atoms with Crippen LogP contribution in [0.5, 0.6) is 0 Å². The summed E-state index contributed by atoms with van der Waals surface area (Å²) in [5.41, 5.74) is 0. The van der Waals surface area contributed by atoms with Crippen LogP contribution in [-0.4, -0.2) is 95.0 Å². The first-order chi connectivity index (χ1) is 9.81. The number of nitrogens with zero attached hydrogens (tertiary/aromatic N) is 3. The Morgan fingerprint density at radius 1 is 0.571 bits per heavy atom. The Kier molecular flexibility index (Phi) is 12.5. The van der Waals surface area contributed by atoms with Gasteiger partial charge in [-0.15, -0.1) is 0 Å². The summed E-state index contributed by atoms with van der Waals surface area (Å²) in [4.78, 5) is 7.06. The molecule has 0 N–H and O–H groups in total. The van der Waals surface area contributed by atoms with E-state index in [2.05, 4.69) is 63.9 Å². The molecule has 0 rings (SSSR count). The van der Waals surface area contributed by atoms with Crippen LogP contribution in [0.1, 0.15) is 26.2 Å². The summed E-state index contributed by atoms with van der Waals surface area (Å²) in [7, 11) is 13.3. The van der Waals surface area contributed by atoms with Crippen LogP contribution in [0.4, 0.5) is 0 Å². The molecule has 4 heteroatoms. The molecule has 128 valence electrons. The van der Waals surface area contributed by atoms with Crippen LogP contribution in [0.2, 0.25) is 17.7 Å². The third kappa shape index (κ3) is 11.8. The summed E-state index contributed by atoms with van der Waals surface area (Å²) in [6.45, 7) is 6.33. The van der Waals surface area contributed by atoms with E-state index in [1.54, 1.807) is 17.7 Å². The first-order valence-corrected chi connectivity index (χ1v) is 16.8. The second-order valence-electron chi connectivity index (χ2n) is 7.57. The Bertz CT molecular complexity index is 206. The summed E-state index contributed by atoms with van der Waals surface area (Å²) in [5.74, 6) is 0. The quantitative estimate of drug-likeness (QED) is 0.435. The van der Waals surface area contributed by atoms with Gasteiger partial charge in [-0.25, -0.2) is 0 Å². The van der Waals surface area contributed by atoms with Gasteiger partial charge in [0.25, 0.3) is 0 Å². The predicted octanol–water partition coefficient (Wildman–Crippen LogP) is 3.31. The first kappa shape index (κ1) is 21.7. The number of hydrogen-bond acceptors (Lipinski definition) is 3. The van der Waals surface area contributed by atoms with Crippen LogP contribution in [0.3, 0.4) is 0 Å². The van der Waals surface area contributed by atoms with Crippen molar-refractivity contribution in [2.75, 3.05) is 61.9 Å². The third-order valence-electron chi connectivity index (χ3n) is 4.69. The zero-order valence-electron chi connectivity index (χ0n) is 15.9. The van der Waals surface area contributed by atoms with E-state index in [4.69, 9.17) is 0 Å². The zero-order valence-corrected chi connectivity index (χ0v) is 18.8. The summed E-state index contributed by atoms with van der Waals surface area (Å²) in [6, 6.07) is 0. The minimum absolute atomic E-state index is 1.28. The van der Waals surface area contributed by atoms with Crippen molar-refractivity contribution in [3.05, 3.63) is 0 Å². The number of rotatable bonds is 13. The molecule has 0 aliphatic heterocycles. The molecular weight excluding hydrogens is 365 g/mol. The molecule has 0 fully saturated rings. The summed E-state index contributed by atoms with van der Waals surface area (Å²) < 4.78 is 6.35. The van der Waals surface area contributed by atoms with Crippen molar-refractivity contribution in [3.8, 4) is 0 Å². The van der Waals surface area contributed by atoms with Gasteiger partial charge in [0, 0.05) is 0 Å². The van der Waals surface area contributed by atoms with Crippen molar-refractivity contribution in [1.82, 2.24) is 14.7 Å². The van der Waals surface area contributed by atoms with E-state index in [0.717, 1.165) is 0 Å². The molecule has 3 nitrogen and oxygen atoms in total. The van der Waals surface area contributed by atoms with Gasteiger partial charge in [-0.2, -0.15) is 0 Å². The Hall–Kier alpha value is 0.679. The molecule has 0 aromatic rings. The van der Waals surface area contributed by atoms with Gasteiger partial charge >= 0.3 is 139 Å². The van der Waals surface area contributed by atoms with Crippen molar-refractivity contribution in [2.45, 2.75) is 43.9 Å². The molecule has 0 aromatic carbocycles. The summed E-state index contributed by atoms with van der Waals surface area (Å²) in [5, 5.41) is 0. The van der Waals surface area contributed by atoms with Crippen molar-refractivity contribution in [3.63, 3.8) is 0 Å². The van der Waals surface area contributed by atoms with E-state index < -0.39 is 18.4 Å². The van der Waals surface area contributed by atoms with E-state index in [1.165, 1.54) is 38.9 Å². The Balaban J connectivity index is 4.43. The molecule has 0 bridgehead atoms. The maximum atomic E-state index is 2.50. The Morgan fingerprint density at radius 3 is 1.05 bits per heavy atom. The Morgan fingerprint density at radius 2 is 0.857 bits per heavy atom. The van der Waals surface area contributed by atoms with Crippen LogP contribution in [0, 0.1) is 0 Å². The SMILES string of the molecule is C[CH2][Sn]([CH2]CCN(C)C)([CH2]CCN(C)C)[CH2]CCN(C)C. The van der Waals surface area contributed by atoms with Crippen molar-refractivity contribution < 1.29 is 0 Å². The van der Waals surface area contributed by atoms with Crippen LogP contribution in [0.25, 0.3) is 0 Å². The minimum atomic E-state index is -1.88. The van der Waals surface area contributed by atoms with Gasteiger partial charge in [0.15, 0.2) is 0 Å². The van der Waals surface area contributed by atoms with E-state index in [1.807, 2.05) is 0 Å². The first-order valence-electron chi connectivity index (χ1n) is 8.75. The average Bonchev–Trinajstić information content (AvgIpc) is 2.36. The molecule has 0 spiro atoms. The van der Waals surface area contributed by atoms with Gasteiger partial charge in [0.05, 0.1) is 0 Å². The standard InChI is InChI=1S/3C5H12N.C2H5.Sn/c3*1-4-5-6(2)3;1-2;/h3*1,4-5H2,2-3H3;1H2,2H3;. The van der Waals surface area contributed by atoms with E-state index in [9.17, 15) is 0 Å². The molecular formula is C17H41N3Sn. The molecule has 0 radical (unpaired) electrons. The molecule has 0 saturated heterocycles. The average molecular weight is 406 g/mol. The van der Waals surface area contributed by atoms with Crippen LogP contribution in [-0.2, 0) is 0 Å². The molecule has 0 aliphatic carbocycles. The fraction of sp³-hybridized carbons (Fsp3) is 1.00. The van der Waals surface area contributed by atoms with E-state index in [-0.39, 0.29) is 0 Å². The molecule has 0 unspecified atom stereocenters. The summed E-state index contributed by atoms with van der Waals surface area (Å²) in [6.07, 6.45) is 4.29. The van der Waals surface area contributed by atoms with E-state index in [0.29, 0.717) is 0 Å². The van der Waals surface area contributed by atoms with Crippen molar-refractivity contribution in [2.24, 2.45) is 0 Å². The van der Waals surface area contributed by atoms with Crippen molar-refractivity contribution in [1.29, 1.82) is 0 Å². The third-order valence-corrected chi connectivity index (χ3v) is 21.1. The molecule has 0 saturated carbocycles. The topological polar surface area (TPSA) is 9.72 Å². The second kappa shape index (κ2) is 12.1. The second-order valence-corrected chi connectivity index (χ2v) is 22.4. The van der Waals surface area contributed by atoms with Gasteiger partial charge in [-0.3, -0.25) is 0 Å². The van der Waals surface area contributed by atoms with Gasteiger partial charge < -0.3 is 0 Å². The molecule has 21 heavy (non-hydrogen) atoms. The van der Waals surface area contributed by atoms with Gasteiger partial charge in [0.2, 0.25) is 0 Å². The normalized spacial score (nSPS) is 12.9. The number of hydrogen-bond donors (Lipinski definition) is 0. The van der Waals surface area contributed by atoms with E-state index >= 15 is 0 Å². The maximum absolute atomic E-state index is 2.50. The van der Waals surface area contributed by atoms with Crippen LogP contribution in [0.15, 0.2) is 0 Å². The molecule has 0 amide bonds. The fourth-order valence-electron chi connectivity index (χ4n) is 3.22. The summed E-state index contributed by atoms with van der Waals surface area (Å²) >= 11 is -1.88. The van der Waals surface area contributed by atoms with Crippen LogP contribution < -0.4 is 0 Å². The molecule has 0 atom stereocenters. The Labute approximate surface area is 138 Å². The predicted molar refractivity (Wildman–Crippen MR) is 100 cm³/mol. The monoisotopic (exact) mass is 407 g/mol. The van der Waals surface area contributed by atoms with Gasteiger partial charge in [0.1, 0.15) is 0 Å². The molecule has 0 aromatic heterocycles. The molecule has 0 aliphatic rings. The van der Waals surface area contributed by atoms with Crippen LogP contribution >= 0.6 is 0 Å². The van der Waals surface area contributed by atoms with Gasteiger partial charge in [-0.05, 0) is 0 Å². The molecule has 0 heterocycles. The van der Waals surface area contributed by atoms with Gasteiger partial charge in [-0.1, -0.05) is 0 Å². The zero-order chi connectivity index (χ0) is 16.3. The fourth-order valence-corrected chi connectivity index (χ4v) is 16.2. The van der Waals surface area contributed by atoms with Crippen molar-refractivity contribution >= 4 is 18.4 Å².